The molecule has 1 N–H and O–H groups in total. The van der Waals surface area contributed by atoms with Crippen LogP contribution in [0.4, 0.5) is 0 Å². The van der Waals surface area contributed by atoms with Crippen molar-refractivity contribution in [3.8, 4) is 0 Å². The maximum Gasteiger partial charge on any atom is 0.0594 e. The van der Waals surface area contributed by atoms with E-state index in [9.17, 15) is 0 Å². The molecular weight excluding hydrogens is 236 g/mol. The van der Waals surface area contributed by atoms with E-state index in [1.54, 1.807) is 0 Å². The van der Waals surface area contributed by atoms with Gasteiger partial charge >= 0.3 is 0 Å². The van der Waals surface area contributed by atoms with Crippen molar-refractivity contribution < 1.29 is 4.74 Å². The highest BCUT2D eigenvalue weighted by atomic mass is 16.5. The lowest BCUT2D eigenvalue weighted by atomic mass is 9.98. The van der Waals surface area contributed by atoms with Gasteiger partial charge < -0.3 is 10.1 Å². The molecule has 2 unspecified atom stereocenters. The number of nitrogens with zero attached hydrogens (tertiary/aromatic N) is 1. The lowest BCUT2D eigenvalue weighted by Gasteiger charge is -2.32. The van der Waals surface area contributed by atoms with Gasteiger partial charge in [0, 0.05) is 25.2 Å². The van der Waals surface area contributed by atoms with Crippen LogP contribution in [0.3, 0.4) is 0 Å². The average Bonchev–Trinajstić information content (AvgIpc) is 2.88. The fraction of sp³-hybridized carbons (Fsp3) is 1.00. The summed E-state index contributed by atoms with van der Waals surface area (Å²) in [5.41, 5.74) is 0. The van der Waals surface area contributed by atoms with Crippen LogP contribution in [0.15, 0.2) is 0 Å². The predicted octanol–water partition coefficient (Wildman–Crippen LogP) is 2.55. The van der Waals surface area contributed by atoms with E-state index < -0.39 is 0 Å². The van der Waals surface area contributed by atoms with Gasteiger partial charge in [-0.2, -0.15) is 0 Å². The maximum atomic E-state index is 6.00. The van der Waals surface area contributed by atoms with Gasteiger partial charge in [-0.15, -0.1) is 0 Å². The minimum Gasteiger partial charge on any atom is -0.377 e. The van der Waals surface area contributed by atoms with Crippen molar-refractivity contribution >= 4 is 0 Å². The molecule has 0 bridgehead atoms. The van der Waals surface area contributed by atoms with Crippen molar-refractivity contribution in [1.82, 2.24) is 10.2 Å². The largest absolute Gasteiger partial charge is 0.377 e. The van der Waals surface area contributed by atoms with Gasteiger partial charge in [0.1, 0.15) is 0 Å². The van der Waals surface area contributed by atoms with E-state index in [0.717, 1.165) is 25.2 Å². The molecule has 0 amide bonds. The Morgan fingerprint density at radius 2 is 1.74 bits per heavy atom. The second-order valence-electron chi connectivity index (χ2n) is 6.58. The Kier molecular flexibility index (Phi) is 5.14. The van der Waals surface area contributed by atoms with Gasteiger partial charge in [-0.25, -0.2) is 0 Å². The van der Waals surface area contributed by atoms with Crippen molar-refractivity contribution in [3.63, 3.8) is 0 Å². The number of fused-ring (bicyclic) bond motifs is 1. The second-order valence-corrected chi connectivity index (χ2v) is 6.58. The summed E-state index contributed by atoms with van der Waals surface area (Å²) in [6.07, 6.45) is 12.9. The molecule has 2 heterocycles. The summed E-state index contributed by atoms with van der Waals surface area (Å²) < 4.78 is 6.00. The van der Waals surface area contributed by atoms with Crippen LogP contribution in [-0.4, -0.2) is 49.3 Å². The molecule has 2 atom stereocenters. The van der Waals surface area contributed by atoms with E-state index in [-0.39, 0.29) is 0 Å². The van der Waals surface area contributed by atoms with Crippen LogP contribution >= 0.6 is 0 Å². The Morgan fingerprint density at radius 1 is 0.895 bits per heavy atom. The normalized spacial score (nSPS) is 33.5. The second kappa shape index (κ2) is 7.05. The molecular formula is C16H30N2O. The van der Waals surface area contributed by atoms with E-state index in [1.807, 2.05) is 0 Å². The van der Waals surface area contributed by atoms with Crippen molar-refractivity contribution in [2.24, 2.45) is 0 Å². The van der Waals surface area contributed by atoms with Gasteiger partial charge in [-0.05, 0) is 38.6 Å². The minimum atomic E-state index is 0.560. The summed E-state index contributed by atoms with van der Waals surface area (Å²) in [6, 6.07) is 1.55. The van der Waals surface area contributed by atoms with Crippen LogP contribution in [-0.2, 0) is 4.74 Å². The summed E-state index contributed by atoms with van der Waals surface area (Å²) in [5, 5.41) is 3.75. The van der Waals surface area contributed by atoms with Crippen LogP contribution in [0.1, 0.15) is 57.8 Å². The Balaban J connectivity index is 1.31. The fourth-order valence-corrected chi connectivity index (χ4v) is 4.19. The fourth-order valence-electron chi connectivity index (χ4n) is 4.19. The summed E-state index contributed by atoms with van der Waals surface area (Å²) >= 11 is 0. The number of nitrogens with one attached hydrogen (secondary N) is 1. The van der Waals surface area contributed by atoms with E-state index in [2.05, 4.69) is 10.2 Å². The highest BCUT2D eigenvalue weighted by molar-refractivity contribution is 4.93. The lowest BCUT2D eigenvalue weighted by Crippen LogP contribution is -2.45. The molecule has 0 radical (unpaired) electrons. The van der Waals surface area contributed by atoms with Gasteiger partial charge in [0.15, 0.2) is 0 Å². The first-order valence-electron chi connectivity index (χ1n) is 8.52. The van der Waals surface area contributed by atoms with Gasteiger partial charge in [0.25, 0.3) is 0 Å². The number of piperidine rings is 1. The molecule has 3 fully saturated rings. The lowest BCUT2D eigenvalue weighted by molar-refractivity contribution is 0.0287. The number of rotatable bonds is 5. The number of hydrogen-bond acceptors (Lipinski definition) is 3. The molecule has 0 aromatic carbocycles. The molecule has 0 spiro atoms. The predicted molar refractivity (Wildman–Crippen MR) is 78.4 cm³/mol. The summed E-state index contributed by atoms with van der Waals surface area (Å²) in [7, 11) is 0. The third-order valence-corrected chi connectivity index (χ3v) is 5.27. The zero-order valence-electron chi connectivity index (χ0n) is 12.3. The smallest absolute Gasteiger partial charge is 0.0594 e. The monoisotopic (exact) mass is 266 g/mol. The molecule has 110 valence electrons. The molecule has 0 aromatic rings. The first-order valence-corrected chi connectivity index (χ1v) is 8.52. The number of ether oxygens (including phenoxy) is 1. The molecule has 3 heteroatoms. The SMILES string of the molecule is C1CCC(OCCNC2CCN3CCCCC23)CC1. The average molecular weight is 266 g/mol. The van der Waals surface area contributed by atoms with Gasteiger partial charge in [0.2, 0.25) is 0 Å². The van der Waals surface area contributed by atoms with Crippen molar-refractivity contribution in [3.05, 3.63) is 0 Å². The molecule has 2 aliphatic heterocycles. The van der Waals surface area contributed by atoms with Crippen molar-refractivity contribution in [2.75, 3.05) is 26.2 Å². The summed E-state index contributed by atoms with van der Waals surface area (Å²) in [6.45, 7) is 4.60. The molecule has 1 aliphatic carbocycles. The Labute approximate surface area is 118 Å². The quantitative estimate of drug-likeness (QED) is 0.774. The van der Waals surface area contributed by atoms with E-state index in [4.69, 9.17) is 4.74 Å². The molecule has 3 rings (SSSR count). The topological polar surface area (TPSA) is 24.5 Å². The van der Waals surface area contributed by atoms with Crippen molar-refractivity contribution in [1.29, 1.82) is 0 Å². The molecule has 3 aliphatic rings. The van der Waals surface area contributed by atoms with E-state index in [1.165, 1.54) is 70.9 Å². The molecule has 3 nitrogen and oxygen atoms in total. The molecule has 0 aromatic heterocycles. The highest BCUT2D eigenvalue weighted by Crippen LogP contribution is 2.27. The minimum absolute atomic E-state index is 0.560. The highest BCUT2D eigenvalue weighted by Gasteiger charge is 2.34. The Hall–Kier alpha value is -0.120. The van der Waals surface area contributed by atoms with Crippen LogP contribution in [0.5, 0.6) is 0 Å². The Bertz CT molecular complexity index is 265. The standard InChI is InChI=1S/C16H30N2O/c1-2-6-14(7-3-1)19-13-10-17-15-9-12-18-11-5-4-8-16(15)18/h14-17H,1-13H2. The third kappa shape index (κ3) is 3.71. The van der Waals surface area contributed by atoms with Gasteiger partial charge in [-0.3, -0.25) is 4.90 Å². The molecule has 19 heavy (non-hydrogen) atoms. The van der Waals surface area contributed by atoms with Crippen LogP contribution in [0.25, 0.3) is 0 Å². The zero-order valence-corrected chi connectivity index (χ0v) is 12.3. The Morgan fingerprint density at radius 3 is 2.63 bits per heavy atom. The van der Waals surface area contributed by atoms with Crippen LogP contribution in [0, 0.1) is 0 Å². The van der Waals surface area contributed by atoms with Crippen LogP contribution < -0.4 is 5.32 Å². The third-order valence-electron chi connectivity index (χ3n) is 5.27. The summed E-state index contributed by atoms with van der Waals surface area (Å²) in [4.78, 5) is 2.70. The van der Waals surface area contributed by atoms with Crippen molar-refractivity contribution in [2.45, 2.75) is 76.0 Å². The first kappa shape index (κ1) is 13.8. The van der Waals surface area contributed by atoms with E-state index >= 15 is 0 Å². The maximum absolute atomic E-state index is 6.00. The molecule has 1 saturated carbocycles. The number of hydrogen-bond donors (Lipinski definition) is 1. The zero-order chi connectivity index (χ0) is 12.9. The van der Waals surface area contributed by atoms with Gasteiger partial charge in [0.05, 0.1) is 12.7 Å². The molecule has 2 saturated heterocycles. The van der Waals surface area contributed by atoms with E-state index in [0.29, 0.717) is 6.10 Å². The van der Waals surface area contributed by atoms with Gasteiger partial charge in [-0.1, -0.05) is 25.7 Å². The first-order chi connectivity index (χ1) is 9.43. The summed E-state index contributed by atoms with van der Waals surface area (Å²) in [5.74, 6) is 0. The van der Waals surface area contributed by atoms with Crippen LogP contribution in [0.2, 0.25) is 0 Å².